The number of hydrogen-bond acceptors (Lipinski definition) is 5. The monoisotopic (exact) mass is 579 g/mol. The van der Waals surface area contributed by atoms with Crippen LogP contribution in [0.2, 0.25) is 10.0 Å². The molecule has 0 spiro atoms. The molecule has 1 aliphatic heterocycles. The molecule has 0 radical (unpaired) electrons. The van der Waals surface area contributed by atoms with Crippen molar-refractivity contribution in [2.24, 2.45) is 9.52 Å². The van der Waals surface area contributed by atoms with E-state index in [4.69, 9.17) is 33.3 Å². The van der Waals surface area contributed by atoms with Crippen molar-refractivity contribution < 1.29 is 27.0 Å². The van der Waals surface area contributed by atoms with Gasteiger partial charge in [0.2, 0.25) is 0 Å². The first-order valence-electron chi connectivity index (χ1n) is 10.9. The van der Waals surface area contributed by atoms with E-state index in [-0.39, 0.29) is 31.8 Å². The quantitative estimate of drug-likeness (QED) is 0.331. The molecule has 196 valence electrons. The lowest BCUT2D eigenvalue weighted by atomic mass is 9.86. The Hall–Kier alpha value is -3.39. The van der Waals surface area contributed by atoms with Gasteiger partial charge in [-0.25, -0.2) is 4.21 Å². The summed E-state index contributed by atoms with van der Waals surface area (Å²) in [5.74, 6) is -0.756. The highest BCUT2D eigenvalue weighted by molar-refractivity contribution is 7.93. The Morgan fingerprint density at radius 3 is 2.29 bits per heavy atom. The van der Waals surface area contributed by atoms with Gasteiger partial charge < -0.3 is 4.84 Å². The number of halogens is 5. The van der Waals surface area contributed by atoms with Crippen LogP contribution in [-0.2, 0) is 20.2 Å². The summed E-state index contributed by atoms with van der Waals surface area (Å²) < 4.78 is 59.7. The highest BCUT2D eigenvalue weighted by atomic mass is 35.5. The number of oxime groups is 1. The van der Waals surface area contributed by atoms with Gasteiger partial charge in [0.15, 0.2) is 0 Å². The van der Waals surface area contributed by atoms with E-state index in [2.05, 4.69) is 9.52 Å². The molecule has 1 aliphatic rings. The number of hydrogen-bond donors (Lipinski definition) is 0. The third-order valence-corrected chi connectivity index (χ3v) is 8.08. The Balaban J connectivity index is 1.63. The Morgan fingerprint density at radius 2 is 1.74 bits per heavy atom. The van der Waals surface area contributed by atoms with Crippen molar-refractivity contribution in [2.45, 2.75) is 30.0 Å². The second-order valence-corrected chi connectivity index (χ2v) is 11.8. The zero-order valence-corrected chi connectivity index (χ0v) is 22.2. The molecule has 4 rings (SSSR count). The zero-order chi connectivity index (χ0) is 27.9. The van der Waals surface area contributed by atoms with Crippen molar-refractivity contribution in [1.29, 1.82) is 5.26 Å². The van der Waals surface area contributed by atoms with Crippen molar-refractivity contribution in [1.82, 2.24) is 0 Å². The first-order chi connectivity index (χ1) is 17.8. The van der Waals surface area contributed by atoms with Gasteiger partial charge in [0.05, 0.1) is 27.1 Å². The Bertz CT molecular complexity index is 1620. The molecule has 38 heavy (non-hydrogen) atoms. The molecule has 0 N–H and O–H groups in total. The van der Waals surface area contributed by atoms with E-state index in [0.29, 0.717) is 16.7 Å². The average molecular weight is 580 g/mol. The lowest BCUT2D eigenvalue weighted by molar-refractivity contribution is -0.275. The minimum absolute atomic E-state index is 0.00864. The molecule has 2 unspecified atom stereocenters. The summed E-state index contributed by atoms with van der Waals surface area (Å²) in [6, 6.07) is 15.7. The number of rotatable bonds is 4. The molecule has 0 aromatic heterocycles. The molecule has 2 atom stereocenters. The maximum atomic E-state index is 14.3. The second kappa shape index (κ2) is 10.1. The number of nitrogens with zero attached hydrogens (tertiary/aromatic N) is 3. The van der Waals surface area contributed by atoms with Crippen molar-refractivity contribution in [3.8, 4) is 6.07 Å². The maximum Gasteiger partial charge on any atom is 0.435 e. The van der Waals surface area contributed by atoms with E-state index in [1.807, 2.05) is 6.07 Å². The van der Waals surface area contributed by atoms with Gasteiger partial charge in [-0.1, -0.05) is 34.4 Å². The molecule has 0 saturated carbocycles. The van der Waals surface area contributed by atoms with Crippen LogP contribution in [0.5, 0.6) is 0 Å². The van der Waals surface area contributed by atoms with Gasteiger partial charge in [0, 0.05) is 38.7 Å². The Kier molecular flexibility index (Phi) is 7.32. The lowest BCUT2D eigenvalue weighted by Crippen LogP contribution is -2.42. The van der Waals surface area contributed by atoms with E-state index in [0.717, 1.165) is 12.1 Å². The van der Waals surface area contributed by atoms with Crippen molar-refractivity contribution >= 4 is 44.5 Å². The van der Waals surface area contributed by atoms with Crippen molar-refractivity contribution in [2.75, 3.05) is 6.26 Å². The molecule has 3 aromatic carbocycles. The van der Waals surface area contributed by atoms with Crippen LogP contribution in [0.3, 0.4) is 0 Å². The van der Waals surface area contributed by atoms with Gasteiger partial charge in [0.25, 0.3) is 11.5 Å². The average Bonchev–Trinajstić information content (AvgIpc) is 3.30. The fourth-order valence-electron chi connectivity index (χ4n) is 3.97. The topological polar surface area (TPSA) is 91.9 Å². The first-order valence-corrected chi connectivity index (χ1v) is 13.6. The third-order valence-electron chi connectivity index (χ3n) is 5.98. The minimum Gasteiger partial charge on any atom is -0.374 e. The summed E-state index contributed by atoms with van der Waals surface area (Å²) in [5, 5.41) is 12.7. The van der Waals surface area contributed by atoms with Crippen LogP contribution in [0.4, 0.5) is 13.2 Å². The van der Waals surface area contributed by atoms with Gasteiger partial charge in [-0.05, 0) is 72.6 Å². The van der Waals surface area contributed by atoms with Gasteiger partial charge in [-0.3, -0.25) is 4.79 Å². The highest BCUT2D eigenvalue weighted by Gasteiger charge is 2.62. The number of aryl methyl sites for hydroxylation is 1. The van der Waals surface area contributed by atoms with Crippen LogP contribution in [0.1, 0.15) is 39.0 Å². The minimum atomic E-state index is -4.84. The molecule has 0 saturated heterocycles. The second-order valence-electron chi connectivity index (χ2n) is 8.65. The summed E-state index contributed by atoms with van der Waals surface area (Å²) in [7, 11) is -3.12. The van der Waals surface area contributed by atoms with Crippen LogP contribution >= 0.6 is 23.2 Å². The fraction of sp³-hybridized carbons (Fsp3) is 0.192. The molecule has 0 bridgehead atoms. The van der Waals surface area contributed by atoms with Crippen LogP contribution < -0.4 is 0 Å². The number of nitriles is 1. The number of carbonyl (C=O) groups is 1. The Labute approximate surface area is 226 Å². The smallest absolute Gasteiger partial charge is 0.374 e. The SMILES string of the molecule is Cc1cc(C2=NOC(c3cc(Cl)cc(Cl)c3)(C(F)(F)F)C2)ccc1C(=O)N=S(C)(=O)c1ccc(C#N)cc1. The summed E-state index contributed by atoms with van der Waals surface area (Å²) in [4.78, 5) is 18.2. The van der Waals surface area contributed by atoms with E-state index in [9.17, 15) is 22.2 Å². The van der Waals surface area contributed by atoms with Crippen LogP contribution in [0.15, 0.2) is 75.1 Å². The molecule has 0 aliphatic carbocycles. The van der Waals surface area contributed by atoms with E-state index in [1.165, 1.54) is 54.8 Å². The van der Waals surface area contributed by atoms with Crippen molar-refractivity contribution in [3.05, 3.63) is 98.5 Å². The van der Waals surface area contributed by atoms with Gasteiger partial charge >= 0.3 is 6.18 Å². The molecule has 12 heteroatoms. The van der Waals surface area contributed by atoms with Crippen molar-refractivity contribution in [3.63, 3.8) is 0 Å². The van der Waals surface area contributed by atoms with E-state index < -0.39 is 33.8 Å². The number of amides is 1. The lowest BCUT2D eigenvalue weighted by Gasteiger charge is -2.29. The van der Waals surface area contributed by atoms with Gasteiger partial charge in [-0.2, -0.15) is 22.8 Å². The van der Waals surface area contributed by atoms with E-state index >= 15 is 0 Å². The molecule has 0 fully saturated rings. The maximum absolute atomic E-state index is 14.3. The summed E-state index contributed by atoms with van der Waals surface area (Å²) in [6.07, 6.45) is -4.19. The van der Waals surface area contributed by atoms with Crippen LogP contribution in [0.25, 0.3) is 0 Å². The number of benzene rings is 3. The fourth-order valence-corrected chi connectivity index (χ4v) is 5.66. The van der Waals surface area contributed by atoms with Gasteiger partial charge in [0.1, 0.15) is 0 Å². The number of alkyl halides is 3. The molecule has 6 nitrogen and oxygen atoms in total. The normalized spacial score (nSPS) is 18.6. The predicted octanol–water partition coefficient (Wildman–Crippen LogP) is 7.05. The molecular formula is C26H18Cl2F3N3O3S. The highest BCUT2D eigenvalue weighted by Crippen LogP contribution is 2.49. The largest absolute Gasteiger partial charge is 0.435 e. The molecule has 1 amide bonds. The molecule has 1 heterocycles. The Morgan fingerprint density at radius 1 is 1.11 bits per heavy atom. The van der Waals surface area contributed by atoms with Crippen LogP contribution in [-0.4, -0.2) is 28.3 Å². The predicted molar refractivity (Wildman–Crippen MR) is 138 cm³/mol. The van der Waals surface area contributed by atoms with Gasteiger partial charge in [-0.15, -0.1) is 0 Å². The summed E-state index contributed by atoms with van der Waals surface area (Å²) in [6.45, 7) is 1.58. The number of carbonyl (C=O) groups excluding carboxylic acids is 1. The standard InChI is InChI=1S/C26H18Cl2F3N3O3S/c1-15-9-17(5-8-22(15)24(35)34-38(2,36)21-6-3-16(14-32)4-7-21)23-13-25(37-33-23,26(29,30)31)18-10-19(27)12-20(28)11-18/h3-12H,13H2,1-2H3. The first kappa shape index (κ1) is 27.6. The summed E-state index contributed by atoms with van der Waals surface area (Å²) in [5.41, 5.74) is -1.87. The molecule has 3 aromatic rings. The zero-order valence-electron chi connectivity index (χ0n) is 19.8. The molecular weight excluding hydrogens is 562 g/mol. The van der Waals surface area contributed by atoms with Crippen LogP contribution in [0, 0.1) is 18.3 Å². The van der Waals surface area contributed by atoms with E-state index in [1.54, 1.807) is 6.92 Å². The summed E-state index contributed by atoms with van der Waals surface area (Å²) >= 11 is 11.9. The third kappa shape index (κ3) is 5.27.